The molecule has 4 heterocycles. The summed E-state index contributed by atoms with van der Waals surface area (Å²) in [6.07, 6.45) is 2.96. The molecule has 0 radical (unpaired) electrons. The quantitative estimate of drug-likeness (QED) is 0.403. The molecule has 0 spiro atoms. The zero-order valence-corrected chi connectivity index (χ0v) is 20.8. The van der Waals surface area contributed by atoms with Gasteiger partial charge in [0, 0.05) is 43.5 Å². The molecule has 0 aliphatic carbocycles. The summed E-state index contributed by atoms with van der Waals surface area (Å²) in [6.45, 7) is 3.05. The van der Waals surface area contributed by atoms with Gasteiger partial charge in [-0.1, -0.05) is 18.2 Å². The Morgan fingerprint density at radius 3 is 2.70 bits per heavy atom. The van der Waals surface area contributed by atoms with Crippen molar-refractivity contribution in [3.8, 4) is 11.1 Å². The summed E-state index contributed by atoms with van der Waals surface area (Å²) in [4.78, 5) is 8.40. The molecule has 6 nitrogen and oxygen atoms in total. The lowest BCUT2D eigenvalue weighted by Crippen LogP contribution is -2.47. The maximum absolute atomic E-state index is 13.6. The average Bonchev–Trinajstić information content (AvgIpc) is 3.55. The van der Waals surface area contributed by atoms with Gasteiger partial charge in [0.15, 0.2) is 0 Å². The minimum atomic E-state index is -4.32. The van der Waals surface area contributed by atoms with Crippen molar-refractivity contribution in [3.63, 3.8) is 0 Å². The van der Waals surface area contributed by atoms with Crippen LogP contribution in [0, 0.1) is 0 Å². The molecule has 198 valence electrons. The number of pyridine rings is 1. The van der Waals surface area contributed by atoms with E-state index in [1.807, 2.05) is 31.2 Å². The van der Waals surface area contributed by atoms with Gasteiger partial charge in [-0.3, -0.25) is 19.4 Å². The molecule has 0 unspecified atom stereocenters. The fourth-order valence-corrected chi connectivity index (χ4v) is 5.61. The Kier molecular flexibility index (Phi) is 7.48. The number of nitrogens with one attached hydrogen (secondary N) is 2. The van der Waals surface area contributed by atoms with Crippen LogP contribution in [0.2, 0.25) is 0 Å². The number of aromatic nitrogens is 3. The number of hydrogen-bond acceptors (Lipinski definition) is 5. The van der Waals surface area contributed by atoms with E-state index in [2.05, 4.69) is 31.5 Å². The van der Waals surface area contributed by atoms with Crippen molar-refractivity contribution in [2.24, 2.45) is 0 Å². The van der Waals surface area contributed by atoms with E-state index in [1.165, 1.54) is 4.90 Å². The van der Waals surface area contributed by atoms with Crippen LogP contribution in [0.3, 0.4) is 0 Å². The van der Waals surface area contributed by atoms with Crippen LogP contribution < -0.4 is 5.32 Å². The molecular weight excluding hydrogens is 484 g/mol. The van der Waals surface area contributed by atoms with Gasteiger partial charge in [0.25, 0.3) is 0 Å². The van der Waals surface area contributed by atoms with Gasteiger partial charge in [-0.05, 0) is 55.0 Å². The van der Waals surface area contributed by atoms with Crippen LogP contribution in [-0.2, 0) is 6.42 Å². The van der Waals surface area contributed by atoms with E-state index >= 15 is 0 Å². The topological polar surface area (TPSA) is 60.1 Å². The normalized spacial score (nSPS) is 22.8. The Hall–Kier alpha value is -2.98. The van der Waals surface area contributed by atoms with Crippen LogP contribution in [0.15, 0.2) is 48.9 Å². The van der Waals surface area contributed by atoms with E-state index < -0.39 is 18.8 Å². The van der Waals surface area contributed by atoms with E-state index in [9.17, 15) is 17.6 Å². The van der Waals surface area contributed by atoms with Crippen molar-refractivity contribution in [2.45, 2.75) is 50.5 Å². The monoisotopic (exact) mass is 516 g/mol. The minimum absolute atomic E-state index is 0.241. The third-order valence-corrected chi connectivity index (χ3v) is 7.36. The second kappa shape index (κ2) is 10.8. The van der Waals surface area contributed by atoms with Crippen LogP contribution in [0.5, 0.6) is 0 Å². The van der Waals surface area contributed by atoms with E-state index in [0.29, 0.717) is 18.5 Å². The van der Waals surface area contributed by atoms with Gasteiger partial charge in [0.1, 0.15) is 0 Å². The second-order valence-electron chi connectivity index (χ2n) is 10.1. The number of fused-ring (bicyclic) bond motifs is 1. The van der Waals surface area contributed by atoms with Crippen molar-refractivity contribution in [1.82, 2.24) is 25.0 Å². The fraction of sp³-hybridized carbons (Fsp3) is 0.481. The highest BCUT2D eigenvalue weighted by molar-refractivity contribution is 5.64. The molecule has 3 aromatic rings. The number of hydrogen-bond donors (Lipinski definition) is 2. The average molecular weight is 517 g/mol. The van der Waals surface area contributed by atoms with Gasteiger partial charge in [0.05, 0.1) is 43.0 Å². The molecule has 2 aromatic heterocycles. The second-order valence-corrected chi connectivity index (χ2v) is 10.1. The summed E-state index contributed by atoms with van der Waals surface area (Å²) >= 11 is 0. The van der Waals surface area contributed by atoms with E-state index in [4.69, 9.17) is 0 Å². The summed E-state index contributed by atoms with van der Waals surface area (Å²) in [5.74, 6) is 0. The Morgan fingerprint density at radius 1 is 1.14 bits per heavy atom. The Bertz CT molecular complexity index is 1160. The van der Waals surface area contributed by atoms with E-state index in [0.717, 1.165) is 54.0 Å². The molecule has 2 aliphatic rings. The standard InChI is InChI=1S/C27H32F4N6/c1-18-11-20-12-19(21-13-33-34-14-21)3-5-24(20)26(37(18)17-27(29,30)31)25-6-4-22(15-32-25)35-23-7-10-36(16-23)9-2-8-28/h3-6,12-15,18,23,26,35H,2,7-11,16-17H2,1H3,(H,33,34)/t18-,23+,26+/m1/s1. The highest BCUT2D eigenvalue weighted by Gasteiger charge is 2.41. The highest BCUT2D eigenvalue weighted by Crippen LogP contribution is 2.40. The number of H-pyrrole nitrogens is 1. The molecule has 1 aromatic carbocycles. The Labute approximate surface area is 214 Å². The van der Waals surface area contributed by atoms with E-state index in [1.54, 1.807) is 18.6 Å². The number of anilines is 1. The van der Waals surface area contributed by atoms with Gasteiger partial charge < -0.3 is 10.2 Å². The first-order valence-corrected chi connectivity index (χ1v) is 12.8. The Balaban J connectivity index is 1.39. The number of halogens is 4. The number of nitrogens with zero attached hydrogens (tertiary/aromatic N) is 4. The Morgan fingerprint density at radius 2 is 2.00 bits per heavy atom. The summed E-state index contributed by atoms with van der Waals surface area (Å²) in [6, 6.07) is 8.97. The van der Waals surface area contributed by atoms with Crippen molar-refractivity contribution < 1.29 is 17.6 Å². The van der Waals surface area contributed by atoms with Gasteiger partial charge in [-0.25, -0.2) is 0 Å². The largest absolute Gasteiger partial charge is 0.401 e. The molecule has 0 saturated carbocycles. The third kappa shape index (κ3) is 5.96. The van der Waals surface area contributed by atoms with Gasteiger partial charge >= 0.3 is 6.18 Å². The lowest BCUT2D eigenvalue weighted by atomic mass is 9.85. The molecule has 2 N–H and O–H groups in total. The van der Waals surface area contributed by atoms with Crippen molar-refractivity contribution in [2.75, 3.05) is 38.2 Å². The highest BCUT2D eigenvalue weighted by atomic mass is 19.4. The van der Waals surface area contributed by atoms with Crippen LogP contribution >= 0.6 is 0 Å². The predicted molar refractivity (Wildman–Crippen MR) is 135 cm³/mol. The van der Waals surface area contributed by atoms with Crippen LogP contribution in [-0.4, -0.2) is 76.1 Å². The smallest absolute Gasteiger partial charge is 0.380 e. The molecule has 3 atom stereocenters. The lowest BCUT2D eigenvalue weighted by molar-refractivity contribution is -0.155. The first-order chi connectivity index (χ1) is 17.8. The summed E-state index contributed by atoms with van der Waals surface area (Å²) < 4.78 is 53.3. The molecule has 5 rings (SSSR count). The number of alkyl halides is 4. The summed E-state index contributed by atoms with van der Waals surface area (Å²) in [7, 11) is 0. The first-order valence-electron chi connectivity index (χ1n) is 12.8. The van der Waals surface area contributed by atoms with Crippen molar-refractivity contribution in [3.05, 3.63) is 65.7 Å². The lowest BCUT2D eigenvalue weighted by Gasteiger charge is -2.42. The van der Waals surface area contributed by atoms with E-state index in [-0.39, 0.29) is 18.8 Å². The zero-order chi connectivity index (χ0) is 26.0. The van der Waals surface area contributed by atoms with Crippen molar-refractivity contribution in [1.29, 1.82) is 0 Å². The number of rotatable bonds is 8. The summed E-state index contributed by atoms with van der Waals surface area (Å²) in [5, 5.41) is 10.3. The van der Waals surface area contributed by atoms with Crippen LogP contribution in [0.25, 0.3) is 11.1 Å². The van der Waals surface area contributed by atoms with Crippen LogP contribution in [0.1, 0.15) is 42.6 Å². The van der Waals surface area contributed by atoms with Gasteiger partial charge in [-0.2, -0.15) is 18.3 Å². The van der Waals surface area contributed by atoms with Crippen LogP contribution in [0.4, 0.5) is 23.2 Å². The molecular formula is C27H32F4N6. The molecule has 37 heavy (non-hydrogen) atoms. The molecule has 0 amide bonds. The predicted octanol–water partition coefficient (Wildman–Crippen LogP) is 5.22. The maximum Gasteiger partial charge on any atom is 0.401 e. The molecule has 0 bridgehead atoms. The number of likely N-dealkylation sites (tertiary alicyclic amines) is 1. The maximum atomic E-state index is 13.6. The SMILES string of the molecule is C[C@@H]1Cc2cc(-c3cn[nH]c3)ccc2[C@@H](c2ccc(N[C@H]3CCN(CCCF)C3)cn2)N1CC(F)(F)F. The number of benzene rings is 1. The molecule has 2 aliphatic heterocycles. The molecule has 10 heteroatoms. The van der Waals surface area contributed by atoms with Crippen molar-refractivity contribution >= 4 is 5.69 Å². The fourth-order valence-electron chi connectivity index (χ4n) is 5.61. The molecule has 1 fully saturated rings. The molecule has 1 saturated heterocycles. The number of aromatic amines is 1. The minimum Gasteiger partial charge on any atom is -0.380 e. The van der Waals surface area contributed by atoms with Gasteiger partial charge in [0.2, 0.25) is 0 Å². The zero-order valence-electron chi connectivity index (χ0n) is 20.8. The van der Waals surface area contributed by atoms with Gasteiger partial charge in [-0.15, -0.1) is 0 Å². The first kappa shape index (κ1) is 25.7. The third-order valence-electron chi connectivity index (χ3n) is 7.36. The summed E-state index contributed by atoms with van der Waals surface area (Å²) in [5.41, 5.74) is 5.22.